The van der Waals surface area contributed by atoms with Crippen molar-refractivity contribution >= 4 is 30.3 Å². The number of carbonyl (C=O) groups excluding carboxylic acids is 2. The van der Waals surface area contributed by atoms with E-state index in [2.05, 4.69) is 10.6 Å². The lowest BCUT2D eigenvalue weighted by Crippen LogP contribution is -2.48. The monoisotopic (exact) mass is 375 g/mol. The van der Waals surface area contributed by atoms with Gasteiger partial charge in [-0.2, -0.15) is 0 Å². The largest absolute Gasteiger partial charge is 0.353 e. The first kappa shape index (κ1) is 18.9. The highest BCUT2D eigenvalue weighted by Gasteiger charge is 2.35. The third kappa shape index (κ3) is 3.79. The summed E-state index contributed by atoms with van der Waals surface area (Å²) >= 11 is 0. The molecule has 6 heteroatoms. The van der Waals surface area contributed by atoms with Crippen LogP contribution in [0.1, 0.15) is 56.2 Å². The van der Waals surface area contributed by atoms with Gasteiger partial charge in [0.25, 0.3) is 0 Å². The fourth-order valence-corrected chi connectivity index (χ4v) is 4.55. The van der Waals surface area contributed by atoms with Crippen LogP contribution in [0, 0.1) is 0 Å². The topological polar surface area (TPSA) is 61.4 Å². The number of benzene rings is 1. The molecule has 0 spiro atoms. The third-order valence-electron chi connectivity index (χ3n) is 5.69. The Morgan fingerprint density at radius 3 is 2.58 bits per heavy atom. The average molecular weight is 376 g/mol. The summed E-state index contributed by atoms with van der Waals surface area (Å²) in [6.07, 6.45) is 8.51. The van der Waals surface area contributed by atoms with Crippen molar-refractivity contribution in [1.82, 2.24) is 15.5 Å². The van der Waals surface area contributed by atoms with Crippen molar-refractivity contribution in [1.29, 1.82) is 0 Å². The summed E-state index contributed by atoms with van der Waals surface area (Å²) in [5.41, 5.74) is 2.12. The van der Waals surface area contributed by atoms with Crippen LogP contribution in [0.4, 0.5) is 0 Å². The minimum Gasteiger partial charge on any atom is -0.353 e. The van der Waals surface area contributed by atoms with Crippen LogP contribution in [0.5, 0.6) is 0 Å². The number of amides is 2. The molecule has 3 unspecified atom stereocenters. The SMILES string of the molecule is CC(=O)N1C=Cc2ccccc2C1CC(=O)NC1CC2CCC(C1)N2.Cl. The molecule has 2 N–H and O–H groups in total. The van der Waals surface area contributed by atoms with E-state index >= 15 is 0 Å². The molecule has 5 nitrogen and oxygen atoms in total. The zero-order valence-corrected chi connectivity index (χ0v) is 15.8. The maximum Gasteiger partial charge on any atom is 0.223 e. The van der Waals surface area contributed by atoms with Crippen LogP contribution in [-0.4, -0.2) is 34.8 Å². The van der Waals surface area contributed by atoms with Gasteiger partial charge in [-0.25, -0.2) is 0 Å². The van der Waals surface area contributed by atoms with E-state index in [1.165, 1.54) is 12.8 Å². The molecule has 0 aromatic heterocycles. The third-order valence-corrected chi connectivity index (χ3v) is 5.69. The molecule has 0 saturated carbocycles. The van der Waals surface area contributed by atoms with Gasteiger partial charge in [0.1, 0.15) is 0 Å². The summed E-state index contributed by atoms with van der Waals surface area (Å²) in [6, 6.07) is 9.12. The molecule has 1 aromatic carbocycles. The van der Waals surface area contributed by atoms with Gasteiger partial charge in [0, 0.05) is 31.2 Å². The van der Waals surface area contributed by atoms with Crippen molar-refractivity contribution < 1.29 is 9.59 Å². The van der Waals surface area contributed by atoms with Crippen LogP contribution in [0.15, 0.2) is 30.5 Å². The molecule has 3 heterocycles. The zero-order chi connectivity index (χ0) is 17.4. The van der Waals surface area contributed by atoms with E-state index in [-0.39, 0.29) is 36.3 Å². The number of rotatable bonds is 3. The van der Waals surface area contributed by atoms with Gasteiger partial charge in [-0.05, 0) is 42.9 Å². The van der Waals surface area contributed by atoms with Gasteiger partial charge in [-0.15, -0.1) is 12.4 Å². The number of nitrogens with zero attached hydrogens (tertiary/aromatic N) is 1. The van der Waals surface area contributed by atoms with E-state index in [1.807, 2.05) is 30.3 Å². The van der Waals surface area contributed by atoms with Crippen molar-refractivity contribution in [3.05, 3.63) is 41.6 Å². The molecule has 0 radical (unpaired) electrons. The Morgan fingerprint density at radius 1 is 1.19 bits per heavy atom. The van der Waals surface area contributed by atoms with Gasteiger partial charge < -0.3 is 15.5 Å². The van der Waals surface area contributed by atoms with Gasteiger partial charge in [-0.1, -0.05) is 24.3 Å². The minimum atomic E-state index is -0.225. The molecule has 2 fully saturated rings. The summed E-state index contributed by atoms with van der Waals surface area (Å²) in [4.78, 5) is 26.4. The van der Waals surface area contributed by atoms with Crippen molar-refractivity contribution in [2.75, 3.05) is 0 Å². The molecule has 3 aliphatic heterocycles. The molecular formula is C20H26ClN3O2. The van der Waals surface area contributed by atoms with Crippen molar-refractivity contribution in [3.63, 3.8) is 0 Å². The Balaban J connectivity index is 0.00000196. The van der Waals surface area contributed by atoms with E-state index in [0.29, 0.717) is 18.5 Å². The first-order valence-corrected chi connectivity index (χ1v) is 9.21. The van der Waals surface area contributed by atoms with Gasteiger partial charge in [-0.3, -0.25) is 9.59 Å². The Morgan fingerprint density at radius 2 is 1.88 bits per heavy atom. The molecule has 2 saturated heterocycles. The van der Waals surface area contributed by atoms with Gasteiger partial charge in [0.15, 0.2) is 0 Å². The second-order valence-electron chi connectivity index (χ2n) is 7.46. The van der Waals surface area contributed by atoms with Crippen molar-refractivity contribution in [2.24, 2.45) is 0 Å². The quantitative estimate of drug-likeness (QED) is 0.854. The number of hydrogen-bond acceptors (Lipinski definition) is 3. The highest BCUT2D eigenvalue weighted by Crippen LogP contribution is 2.33. The predicted octanol–water partition coefficient (Wildman–Crippen LogP) is 2.77. The molecule has 26 heavy (non-hydrogen) atoms. The van der Waals surface area contributed by atoms with Crippen LogP contribution in [0.3, 0.4) is 0 Å². The number of carbonyl (C=O) groups is 2. The second kappa shape index (κ2) is 7.80. The number of halogens is 1. The standard InChI is InChI=1S/C20H25N3O2.ClH/c1-13(24)23-9-8-14-4-2-3-5-18(14)19(23)12-20(25)22-17-10-15-6-7-16(11-17)21-15;/h2-5,8-9,15-17,19,21H,6-7,10-12H2,1H3,(H,22,25);1H. The molecular weight excluding hydrogens is 350 g/mol. The summed E-state index contributed by atoms with van der Waals surface area (Å²) in [5, 5.41) is 6.81. The summed E-state index contributed by atoms with van der Waals surface area (Å²) in [5.74, 6) is -0.00360. The maximum atomic E-state index is 12.7. The van der Waals surface area contributed by atoms with Gasteiger partial charge in [0.05, 0.1) is 12.5 Å². The van der Waals surface area contributed by atoms with Crippen molar-refractivity contribution in [3.8, 4) is 0 Å². The van der Waals surface area contributed by atoms with Gasteiger partial charge in [0.2, 0.25) is 11.8 Å². The lowest BCUT2D eigenvalue weighted by Gasteiger charge is -2.34. The Bertz CT molecular complexity index is 709. The normalized spacial score (nSPS) is 28.9. The van der Waals surface area contributed by atoms with E-state index in [4.69, 9.17) is 0 Å². The van der Waals surface area contributed by atoms with E-state index in [9.17, 15) is 9.59 Å². The molecule has 140 valence electrons. The lowest BCUT2D eigenvalue weighted by atomic mass is 9.93. The minimum absolute atomic E-state index is 0. The number of hydrogen-bond donors (Lipinski definition) is 2. The number of piperidine rings is 1. The zero-order valence-electron chi connectivity index (χ0n) is 15.0. The first-order chi connectivity index (χ1) is 12.1. The van der Waals surface area contributed by atoms with Crippen LogP contribution in [0.2, 0.25) is 0 Å². The highest BCUT2D eigenvalue weighted by molar-refractivity contribution is 5.85. The Labute approximate surface area is 160 Å². The maximum absolute atomic E-state index is 12.7. The molecule has 0 aliphatic carbocycles. The molecule has 3 aliphatic rings. The molecule has 3 atom stereocenters. The number of fused-ring (bicyclic) bond motifs is 3. The summed E-state index contributed by atoms with van der Waals surface area (Å²) < 4.78 is 0. The molecule has 2 amide bonds. The van der Waals surface area contributed by atoms with Crippen LogP contribution in [0.25, 0.3) is 6.08 Å². The Hall–Kier alpha value is -1.85. The fraction of sp³-hybridized carbons (Fsp3) is 0.500. The van der Waals surface area contributed by atoms with E-state index in [0.717, 1.165) is 24.0 Å². The van der Waals surface area contributed by atoms with Crippen LogP contribution in [-0.2, 0) is 9.59 Å². The molecule has 1 aromatic rings. The second-order valence-corrected chi connectivity index (χ2v) is 7.46. The summed E-state index contributed by atoms with van der Waals surface area (Å²) in [7, 11) is 0. The fourth-order valence-electron chi connectivity index (χ4n) is 4.55. The first-order valence-electron chi connectivity index (χ1n) is 9.21. The average Bonchev–Trinajstić information content (AvgIpc) is 2.93. The van der Waals surface area contributed by atoms with Crippen molar-refractivity contribution in [2.45, 2.75) is 63.2 Å². The van der Waals surface area contributed by atoms with Crippen LogP contribution < -0.4 is 10.6 Å². The lowest BCUT2D eigenvalue weighted by molar-refractivity contribution is -0.130. The predicted molar refractivity (Wildman–Crippen MR) is 104 cm³/mol. The summed E-state index contributed by atoms with van der Waals surface area (Å²) in [6.45, 7) is 1.55. The highest BCUT2D eigenvalue weighted by atomic mass is 35.5. The van der Waals surface area contributed by atoms with Gasteiger partial charge >= 0.3 is 0 Å². The molecule has 4 rings (SSSR count). The van der Waals surface area contributed by atoms with Crippen LogP contribution >= 0.6 is 12.4 Å². The molecule has 2 bridgehead atoms. The smallest absolute Gasteiger partial charge is 0.223 e. The van der Waals surface area contributed by atoms with E-state index < -0.39 is 0 Å². The van der Waals surface area contributed by atoms with E-state index in [1.54, 1.807) is 18.0 Å². The Kier molecular flexibility index (Phi) is 5.68. The number of nitrogens with one attached hydrogen (secondary N) is 2.